The quantitative estimate of drug-likeness (QED) is 0.813. The molecule has 0 saturated carbocycles. The van der Waals surface area contributed by atoms with Crippen molar-refractivity contribution in [2.24, 2.45) is 5.73 Å². The molecule has 0 fully saturated rings. The highest BCUT2D eigenvalue weighted by atomic mass is 35.5. The molecule has 21 heavy (non-hydrogen) atoms. The molecule has 1 amide bonds. The van der Waals surface area contributed by atoms with Crippen LogP contribution in [0, 0.1) is 0 Å². The number of ether oxygens (including phenoxy) is 1. The van der Waals surface area contributed by atoms with E-state index < -0.39 is 6.10 Å². The van der Waals surface area contributed by atoms with E-state index in [4.69, 9.17) is 22.1 Å². The molecule has 118 valence electrons. The Balaban J connectivity index is 2.78. The van der Waals surface area contributed by atoms with Crippen molar-refractivity contribution in [2.75, 3.05) is 6.54 Å². The molecule has 0 heterocycles. The number of amides is 1. The summed E-state index contributed by atoms with van der Waals surface area (Å²) in [5.74, 6) is 0.525. The van der Waals surface area contributed by atoms with E-state index in [0.29, 0.717) is 23.7 Å². The van der Waals surface area contributed by atoms with E-state index in [0.717, 1.165) is 12.0 Å². The third-order valence-electron chi connectivity index (χ3n) is 3.45. The summed E-state index contributed by atoms with van der Waals surface area (Å²) in [5.41, 5.74) is 6.27. The van der Waals surface area contributed by atoms with Gasteiger partial charge < -0.3 is 15.8 Å². The molecule has 4 nitrogen and oxygen atoms in total. The summed E-state index contributed by atoms with van der Waals surface area (Å²) in [4.78, 5) is 12.2. The van der Waals surface area contributed by atoms with Crippen molar-refractivity contribution in [3.8, 4) is 5.75 Å². The topological polar surface area (TPSA) is 64.3 Å². The van der Waals surface area contributed by atoms with Crippen LogP contribution in [0.4, 0.5) is 0 Å². The number of nitrogens with one attached hydrogen (secondary N) is 1. The first-order valence-electron chi connectivity index (χ1n) is 7.26. The average molecular weight is 313 g/mol. The van der Waals surface area contributed by atoms with Crippen LogP contribution in [0.2, 0.25) is 5.02 Å². The largest absolute Gasteiger partial charge is 0.481 e. The van der Waals surface area contributed by atoms with E-state index >= 15 is 0 Å². The molecule has 1 aromatic carbocycles. The molecule has 1 atom stereocenters. The Morgan fingerprint density at radius 2 is 2.14 bits per heavy atom. The maximum atomic E-state index is 12.2. The minimum atomic E-state index is -0.575. The molecule has 0 aliphatic heterocycles. The highest BCUT2D eigenvalue weighted by Crippen LogP contribution is 2.24. The van der Waals surface area contributed by atoms with Gasteiger partial charge in [-0.1, -0.05) is 18.5 Å². The van der Waals surface area contributed by atoms with Crippen LogP contribution in [0.5, 0.6) is 5.75 Å². The maximum absolute atomic E-state index is 12.2. The zero-order valence-electron chi connectivity index (χ0n) is 13.2. The Bertz CT molecular complexity index is 489. The van der Waals surface area contributed by atoms with Gasteiger partial charge in [0.2, 0.25) is 0 Å². The Labute approximate surface area is 132 Å². The number of benzene rings is 1. The smallest absolute Gasteiger partial charge is 0.261 e. The van der Waals surface area contributed by atoms with Gasteiger partial charge in [0.25, 0.3) is 5.91 Å². The molecule has 0 aromatic heterocycles. The Morgan fingerprint density at radius 1 is 1.48 bits per heavy atom. The summed E-state index contributed by atoms with van der Waals surface area (Å²) in [6, 6.07) is 5.35. The molecule has 5 heteroatoms. The maximum Gasteiger partial charge on any atom is 0.261 e. The molecule has 0 spiro atoms. The minimum absolute atomic E-state index is 0.129. The van der Waals surface area contributed by atoms with Gasteiger partial charge >= 0.3 is 0 Å². The SMILES string of the molecule is CCC(C)(C)NC(=O)C(C)Oc1ccc(Cl)cc1CCN. The average Bonchev–Trinajstić information content (AvgIpc) is 2.41. The normalized spacial score (nSPS) is 12.9. The Morgan fingerprint density at radius 3 is 2.71 bits per heavy atom. The van der Waals surface area contributed by atoms with Crippen LogP contribution in [0.15, 0.2) is 18.2 Å². The molecular formula is C16H25ClN2O2. The molecule has 0 radical (unpaired) electrons. The van der Waals surface area contributed by atoms with Crippen molar-refractivity contribution < 1.29 is 9.53 Å². The second kappa shape index (κ2) is 7.66. The lowest BCUT2D eigenvalue weighted by molar-refractivity contribution is -0.129. The van der Waals surface area contributed by atoms with Crippen molar-refractivity contribution in [3.05, 3.63) is 28.8 Å². The zero-order chi connectivity index (χ0) is 16.0. The lowest BCUT2D eigenvalue weighted by Gasteiger charge is -2.27. The van der Waals surface area contributed by atoms with E-state index in [2.05, 4.69) is 5.32 Å². The predicted molar refractivity (Wildman–Crippen MR) is 86.8 cm³/mol. The lowest BCUT2D eigenvalue weighted by Crippen LogP contribution is -2.48. The van der Waals surface area contributed by atoms with Gasteiger partial charge in [-0.2, -0.15) is 0 Å². The highest BCUT2D eigenvalue weighted by Gasteiger charge is 2.23. The van der Waals surface area contributed by atoms with Crippen LogP contribution in [-0.4, -0.2) is 24.1 Å². The van der Waals surface area contributed by atoms with Gasteiger partial charge in [-0.15, -0.1) is 0 Å². The zero-order valence-corrected chi connectivity index (χ0v) is 14.0. The third kappa shape index (κ3) is 5.56. The molecule has 0 aliphatic rings. The van der Waals surface area contributed by atoms with Gasteiger partial charge in [0.1, 0.15) is 5.75 Å². The number of halogens is 1. The highest BCUT2D eigenvalue weighted by molar-refractivity contribution is 6.30. The lowest BCUT2D eigenvalue weighted by atomic mass is 10.0. The monoisotopic (exact) mass is 312 g/mol. The van der Waals surface area contributed by atoms with Crippen LogP contribution >= 0.6 is 11.6 Å². The fraction of sp³-hybridized carbons (Fsp3) is 0.562. The van der Waals surface area contributed by atoms with Crippen molar-refractivity contribution in [3.63, 3.8) is 0 Å². The van der Waals surface area contributed by atoms with Gasteiger partial charge in [0, 0.05) is 10.6 Å². The molecule has 1 rings (SSSR count). The van der Waals surface area contributed by atoms with Crippen LogP contribution in [0.3, 0.4) is 0 Å². The van der Waals surface area contributed by atoms with E-state index in [1.54, 1.807) is 19.1 Å². The summed E-state index contributed by atoms with van der Waals surface area (Å²) < 4.78 is 5.78. The summed E-state index contributed by atoms with van der Waals surface area (Å²) in [5, 5.41) is 3.61. The van der Waals surface area contributed by atoms with Gasteiger partial charge in [0.15, 0.2) is 6.10 Å². The number of hydrogen-bond acceptors (Lipinski definition) is 3. The van der Waals surface area contributed by atoms with Crippen LogP contribution < -0.4 is 15.8 Å². The minimum Gasteiger partial charge on any atom is -0.481 e. The number of rotatable bonds is 7. The van der Waals surface area contributed by atoms with E-state index in [-0.39, 0.29) is 11.4 Å². The molecule has 0 bridgehead atoms. The molecule has 1 unspecified atom stereocenters. The van der Waals surface area contributed by atoms with Crippen molar-refractivity contribution in [2.45, 2.75) is 52.2 Å². The first kappa shape index (κ1) is 17.8. The summed E-state index contributed by atoms with van der Waals surface area (Å²) in [6.45, 7) is 8.24. The van der Waals surface area contributed by atoms with E-state index in [1.165, 1.54) is 0 Å². The predicted octanol–water partition coefficient (Wildman–Crippen LogP) is 2.91. The van der Waals surface area contributed by atoms with Gasteiger partial charge in [-0.05, 0) is 63.9 Å². The number of nitrogens with two attached hydrogens (primary N) is 1. The summed E-state index contributed by atoms with van der Waals surface area (Å²) in [6.07, 6.45) is 0.934. The van der Waals surface area contributed by atoms with Crippen molar-refractivity contribution in [1.29, 1.82) is 0 Å². The Kier molecular flexibility index (Phi) is 6.49. The summed E-state index contributed by atoms with van der Waals surface area (Å²) in [7, 11) is 0. The number of carbonyl (C=O) groups is 1. The van der Waals surface area contributed by atoms with Gasteiger partial charge in [-0.3, -0.25) is 4.79 Å². The summed E-state index contributed by atoms with van der Waals surface area (Å²) >= 11 is 5.98. The molecular weight excluding hydrogens is 288 g/mol. The van der Waals surface area contributed by atoms with Crippen LogP contribution in [0.25, 0.3) is 0 Å². The first-order valence-corrected chi connectivity index (χ1v) is 7.64. The van der Waals surface area contributed by atoms with Gasteiger partial charge in [0.05, 0.1) is 0 Å². The van der Waals surface area contributed by atoms with Crippen molar-refractivity contribution in [1.82, 2.24) is 5.32 Å². The molecule has 0 aliphatic carbocycles. The first-order chi connectivity index (χ1) is 9.79. The van der Waals surface area contributed by atoms with E-state index in [9.17, 15) is 4.79 Å². The van der Waals surface area contributed by atoms with E-state index in [1.807, 2.05) is 26.8 Å². The second-order valence-electron chi connectivity index (χ2n) is 5.78. The van der Waals surface area contributed by atoms with Gasteiger partial charge in [-0.25, -0.2) is 0 Å². The van der Waals surface area contributed by atoms with Crippen molar-refractivity contribution >= 4 is 17.5 Å². The Hall–Kier alpha value is -1.26. The fourth-order valence-corrected chi connectivity index (χ4v) is 1.98. The second-order valence-corrected chi connectivity index (χ2v) is 6.21. The van der Waals surface area contributed by atoms with Crippen LogP contribution in [-0.2, 0) is 11.2 Å². The molecule has 1 aromatic rings. The third-order valence-corrected chi connectivity index (χ3v) is 3.69. The fourth-order valence-electron chi connectivity index (χ4n) is 1.78. The standard InChI is InChI=1S/C16H25ClN2O2/c1-5-16(3,4)19-15(20)11(2)21-14-7-6-13(17)10-12(14)8-9-18/h6-7,10-11H,5,8-9,18H2,1-4H3,(H,19,20). The number of hydrogen-bond donors (Lipinski definition) is 2. The van der Waals surface area contributed by atoms with Crippen LogP contribution in [0.1, 0.15) is 39.7 Å². The number of carbonyl (C=O) groups excluding carboxylic acids is 1. The molecule has 0 saturated heterocycles. The molecule has 3 N–H and O–H groups in total.